The highest BCUT2D eigenvalue weighted by Crippen LogP contribution is 2.45. The van der Waals surface area contributed by atoms with Gasteiger partial charge < -0.3 is 10.1 Å². The fourth-order valence-corrected chi connectivity index (χ4v) is 4.86. The molecule has 1 aliphatic heterocycles. The van der Waals surface area contributed by atoms with E-state index in [0.29, 0.717) is 19.0 Å². The number of ether oxygens (including phenoxy) is 1. The van der Waals surface area contributed by atoms with Gasteiger partial charge in [-0.05, 0) is 83.0 Å². The lowest BCUT2D eigenvalue weighted by Crippen LogP contribution is -2.36. The number of hydrogen-bond donors (Lipinski definition) is 1. The van der Waals surface area contributed by atoms with Crippen molar-refractivity contribution in [1.29, 1.82) is 0 Å². The molecule has 0 bridgehead atoms. The normalized spacial score (nSPS) is 19.1. The summed E-state index contributed by atoms with van der Waals surface area (Å²) in [6.45, 7) is 11.1. The standard InChI is InChI=1S/C26H29N5O2/c1-15-10-17(3)19(11-16(15)2)14-33-20-8-6-18(7-9-20)24-23-21(12-26(4,5)13-22(23)32)27-25-28-29-30-31(24)25/h6-11,24H,12-14H2,1-5H3,(H,27,28,30). The number of hydrogen-bond acceptors (Lipinski definition) is 6. The maximum absolute atomic E-state index is 13.2. The van der Waals surface area contributed by atoms with Crippen LogP contribution in [0.3, 0.4) is 0 Å². The quantitative estimate of drug-likeness (QED) is 0.622. The zero-order valence-corrected chi connectivity index (χ0v) is 19.8. The van der Waals surface area contributed by atoms with Gasteiger partial charge in [0.25, 0.3) is 0 Å². The molecule has 1 atom stereocenters. The van der Waals surface area contributed by atoms with Crippen molar-refractivity contribution in [3.8, 4) is 5.75 Å². The number of benzene rings is 2. The molecule has 1 aromatic heterocycles. The second-order valence-electron chi connectivity index (χ2n) is 10.0. The molecule has 1 unspecified atom stereocenters. The Kier molecular flexibility index (Phi) is 5.07. The Hall–Kier alpha value is -3.48. The fraction of sp³-hybridized carbons (Fsp3) is 0.385. The molecule has 2 aromatic carbocycles. The zero-order valence-electron chi connectivity index (χ0n) is 19.8. The number of allylic oxidation sites excluding steroid dienone is 2. The topological polar surface area (TPSA) is 81.9 Å². The van der Waals surface area contributed by atoms with Gasteiger partial charge in [0, 0.05) is 17.7 Å². The highest BCUT2D eigenvalue weighted by atomic mass is 16.5. The first-order valence-electron chi connectivity index (χ1n) is 11.3. The minimum Gasteiger partial charge on any atom is -0.489 e. The van der Waals surface area contributed by atoms with Crippen molar-refractivity contribution < 1.29 is 9.53 Å². The Labute approximate surface area is 193 Å². The Morgan fingerprint density at radius 1 is 1.06 bits per heavy atom. The van der Waals surface area contributed by atoms with Crippen LogP contribution in [0.2, 0.25) is 0 Å². The number of fused-ring (bicyclic) bond motifs is 1. The predicted octanol–water partition coefficient (Wildman–Crippen LogP) is 4.84. The van der Waals surface area contributed by atoms with E-state index in [1.54, 1.807) is 4.68 Å². The Morgan fingerprint density at radius 3 is 2.55 bits per heavy atom. The van der Waals surface area contributed by atoms with E-state index in [1.807, 2.05) is 24.3 Å². The SMILES string of the molecule is Cc1cc(C)c(COc2ccc(C3C4=C(CC(C)(C)CC4=O)Nc4nnnn43)cc2)cc1C. The van der Waals surface area contributed by atoms with Crippen LogP contribution in [-0.2, 0) is 11.4 Å². The number of ketones is 1. The summed E-state index contributed by atoms with van der Waals surface area (Å²) in [5, 5.41) is 15.4. The van der Waals surface area contributed by atoms with Crippen molar-refractivity contribution in [2.24, 2.45) is 5.41 Å². The Balaban J connectivity index is 1.42. The number of nitrogens with one attached hydrogen (secondary N) is 1. The maximum atomic E-state index is 13.2. The van der Waals surface area contributed by atoms with Crippen molar-refractivity contribution in [1.82, 2.24) is 20.2 Å². The second-order valence-corrected chi connectivity index (χ2v) is 10.0. The lowest BCUT2D eigenvalue weighted by Gasteiger charge is -2.37. The molecule has 1 N–H and O–H groups in total. The van der Waals surface area contributed by atoms with Crippen LogP contribution < -0.4 is 10.1 Å². The number of carbonyl (C=O) groups excluding carboxylic acids is 1. The average Bonchev–Trinajstić information content (AvgIpc) is 3.21. The van der Waals surface area contributed by atoms with Crippen LogP contribution >= 0.6 is 0 Å². The average molecular weight is 444 g/mol. The monoisotopic (exact) mass is 443 g/mol. The van der Waals surface area contributed by atoms with Crippen LogP contribution in [0.15, 0.2) is 47.7 Å². The first kappa shape index (κ1) is 21.4. The van der Waals surface area contributed by atoms with E-state index in [4.69, 9.17) is 4.74 Å². The summed E-state index contributed by atoms with van der Waals surface area (Å²) < 4.78 is 7.78. The summed E-state index contributed by atoms with van der Waals surface area (Å²) in [7, 11) is 0. The minimum absolute atomic E-state index is 0.0900. The summed E-state index contributed by atoms with van der Waals surface area (Å²) in [6.07, 6.45) is 1.30. The largest absolute Gasteiger partial charge is 0.489 e. The van der Waals surface area contributed by atoms with Gasteiger partial charge in [0.05, 0.1) is 0 Å². The van der Waals surface area contributed by atoms with E-state index in [0.717, 1.165) is 29.0 Å². The van der Waals surface area contributed by atoms with Crippen LogP contribution in [0.5, 0.6) is 5.75 Å². The van der Waals surface area contributed by atoms with Crippen molar-refractivity contribution in [2.45, 2.75) is 60.1 Å². The molecule has 0 saturated carbocycles. The Bertz CT molecular complexity index is 1270. The van der Waals surface area contributed by atoms with E-state index in [-0.39, 0.29) is 17.2 Å². The van der Waals surface area contributed by atoms with Crippen LogP contribution in [-0.4, -0.2) is 26.0 Å². The summed E-state index contributed by atoms with van der Waals surface area (Å²) in [5.74, 6) is 1.49. The molecule has 0 saturated heterocycles. The van der Waals surface area contributed by atoms with Gasteiger partial charge in [0.1, 0.15) is 18.4 Å². The first-order chi connectivity index (χ1) is 15.7. The third-order valence-electron chi connectivity index (χ3n) is 6.74. The molecule has 0 amide bonds. The predicted molar refractivity (Wildman–Crippen MR) is 126 cm³/mol. The summed E-state index contributed by atoms with van der Waals surface area (Å²) in [4.78, 5) is 13.2. The molecule has 7 nitrogen and oxygen atoms in total. The van der Waals surface area contributed by atoms with E-state index < -0.39 is 0 Å². The Morgan fingerprint density at radius 2 is 1.79 bits per heavy atom. The smallest absolute Gasteiger partial charge is 0.248 e. The zero-order chi connectivity index (χ0) is 23.3. The number of nitrogens with zero attached hydrogens (tertiary/aromatic N) is 4. The summed E-state index contributed by atoms with van der Waals surface area (Å²) >= 11 is 0. The van der Waals surface area contributed by atoms with Crippen molar-refractivity contribution in [3.05, 3.63) is 75.5 Å². The van der Waals surface area contributed by atoms with Crippen molar-refractivity contribution >= 4 is 11.7 Å². The maximum Gasteiger partial charge on any atom is 0.248 e. The number of aromatic nitrogens is 4. The first-order valence-corrected chi connectivity index (χ1v) is 11.3. The van der Waals surface area contributed by atoms with E-state index in [2.05, 4.69) is 67.6 Å². The van der Waals surface area contributed by atoms with Crippen LogP contribution in [0.25, 0.3) is 0 Å². The number of Topliss-reactive ketones (excluding diaryl/α,β-unsaturated/α-hetero) is 1. The van der Waals surface area contributed by atoms with Gasteiger partial charge in [0.15, 0.2) is 5.78 Å². The highest BCUT2D eigenvalue weighted by Gasteiger charge is 2.41. The van der Waals surface area contributed by atoms with Crippen LogP contribution in [0.4, 0.5) is 5.95 Å². The van der Waals surface area contributed by atoms with Gasteiger partial charge in [-0.1, -0.05) is 43.2 Å². The van der Waals surface area contributed by atoms with E-state index in [1.165, 1.54) is 22.3 Å². The van der Waals surface area contributed by atoms with E-state index in [9.17, 15) is 4.79 Å². The summed E-state index contributed by atoms with van der Waals surface area (Å²) in [5.41, 5.74) is 7.52. The number of carbonyl (C=O) groups is 1. The minimum atomic E-state index is -0.342. The lowest BCUT2D eigenvalue weighted by molar-refractivity contribution is -0.118. The summed E-state index contributed by atoms with van der Waals surface area (Å²) in [6, 6.07) is 12.0. The van der Waals surface area contributed by atoms with Crippen molar-refractivity contribution in [2.75, 3.05) is 5.32 Å². The molecule has 0 fully saturated rings. The molecule has 2 aliphatic rings. The molecule has 5 rings (SSSR count). The molecule has 2 heterocycles. The van der Waals surface area contributed by atoms with Gasteiger partial charge in [-0.2, -0.15) is 4.68 Å². The number of rotatable bonds is 4. The van der Waals surface area contributed by atoms with Gasteiger partial charge in [0.2, 0.25) is 5.95 Å². The number of aryl methyl sites for hydroxylation is 3. The molecule has 3 aromatic rings. The van der Waals surface area contributed by atoms with Gasteiger partial charge in [-0.15, -0.1) is 0 Å². The lowest BCUT2D eigenvalue weighted by atomic mass is 9.73. The molecule has 170 valence electrons. The molecular weight excluding hydrogens is 414 g/mol. The third-order valence-corrected chi connectivity index (χ3v) is 6.74. The molecule has 7 heteroatoms. The van der Waals surface area contributed by atoms with Gasteiger partial charge in [-0.25, -0.2) is 0 Å². The molecule has 33 heavy (non-hydrogen) atoms. The van der Waals surface area contributed by atoms with Crippen molar-refractivity contribution in [3.63, 3.8) is 0 Å². The van der Waals surface area contributed by atoms with Crippen LogP contribution in [0.1, 0.15) is 60.5 Å². The molecule has 0 radical (unpaired) electrons. The second kappa shape index (κ2) is 7.83. The third kappa shape index (κ3) is 3.92. The number of anilines is 1. The molecule has 0 spiro atoms. The van der Waals surface area contributed by atoms with Gasteiger partial charge >= 0.3 is 0 Å². The molecular formula is C26H29N5O2. The highest BCUT2D eigenvalue weighted by molar-refractivity contribution is 6.00. The van der Waals surface area contributed by atoms with Crippen LogP contribution in [0, 0.1) is 26.2 Å². The van der Waals surface area contributed by atoms with E-state index >= 15 is 0 Å². The van der Waals surface area contributed by atoms with Gasteiger partial charge in [-0.3, -0.25) is 4.79 Å². The number of tetrazole rings is 1. The molecule has 1 aliphatic carbocycles. The fourth-order valence-electron chi connectivity index (χ4n) is 4.86.